The molecule has 1 heterocycles. The third-order valence-corrected chi connectivity index (χ3v) is 2.19. The Kier molecular flexibility index (Phi) is 3.77. The standard InChI is InChI=1S/C11H18N2/c1-3-5-10-9(6-7-12)8-13-11(10)4-2/h3,5,8,13H,4,6-7,12H2,1-2H3/b5-3-. The quantitative estimate of drug-likeness (QED) is 0.728. The van der Waals surface area contributed by atoms with Crippen molar-refractivity contribution in [3.8, 4) is 0 Å². The van der Waals surface area contributed by atoms with Gasteiger partial charge in [0.15, 0.2) is 0 Å². The van der Waals surface area contributed by atoms with Gasteiger partial charge in [0, 0.05) is 11.9 Å². The van der Waals surface area contributed by atoms with Crippen LogP contribution < -0.4 is 5.73 Å². The van der Waals surface area contributed by atoms with Gasteiger partial charge in [-0.2, -0.15) is 0 Å². The maximum atomic E-state index is 5.54. The molecule has 0 atom stereocenters. The third-order valence-electron chi connectivity index (χ3n) is 2.19. The van der Waals surface area contributed by atoms with Crippen LogP contribution in [0.5, 0.6) is 0 Å². The van der Waals surface area contributed by atoms with E-state index in [9.17, 15) is 0 Å². The molecule has 0 aliphatic rings. The van der Waals surface area contributed by atoms with Gasteiger partial charge in [0.2, 0.25) is 0 Å². The summed E-state index contributed by atoms with van der Waals surface area (Å²) in [4.78, 5) is 3.29. The summed E-state index contributed by atoms with van der Waals surface area (Å²) in [6.07, 6.45) is 8.30. The third kappa shape index (κ3) is 2.22. The van der Waals surface area contributed by atoms with Crippen LogP contribution in [-0.2, 0) is 12.8 Å². The van der Waals surface area contributed by atoms with Gasteiger partial charge in [0.05, 0.1) is 0 Å². The number of hydrogen-bond donors (Lipinski definition) is 2. The number of aromatic amines is 1. The van der Waals surface area contributed by atoms with Crippen molar-refractivity contribution in [2.75, 3.05) is 6.54 Å². The summed E-state index contributed by atoms with van der Waals surface area (Å²) in [6.45, 7) is 4.91. The zero-order valence-electron chi connectivity index (χ0n) is 8.43. The van der Waals surface area contributed by atoms with Crippen molar-refractivity contribution >= 4 is 6.08 Å². The van der Waals surface area contributed by atoms with Crippen LogP contribution in [0.25, 0.3) is 6.08 Å². The largest absolute Gasteiger partial charge is 0.364 e. The molecule has 0 unspecified atom stereocenters. The molecule has 1 rings (SSSR count). The minimum Gasteiger partial charge on any atom is -0.364 e. The Balaban J connectivity index is 2.98. The molecule has 0 amide bonds. The number of aryl methyl sites for hydroxylation is 1. The second kappa shape index (κ2) is 4.87. The van der Waals surface area contributed by atoms with Crippen molar-refractivity contribution < 1.29 is 0 Å². The minimum absolute atomic E-state index is 0.714. The number of rotatable bonds is 4. The molecule has 0 saturated carbocycles. The van der Waals surface area contributed by atoms with E-state index in [1.54, 1.807) is 0 Å². The number of nitrogens with one attached hydrogen (secondary N) is 1. The molecule has 13 heavy (non-hydrogen) atoms. The summed E-state index contributed by atoms with van der Waals surface area (Å²) >= 11 is 0. The second-order valence-electron chi connectivity index (χ2n) is 3.10. The van der Waals surface area contributed by atoms with E-state index >= 15 is 0 Å². The molecule has 0 saturated heterocycles. The molecule has 1 aromatic heterocycles. The number of H-pyrrole nitrogens is 1. The van der Waals surface area contributed by atoms with Gasteiger partial charge in [-0.1, -0.05) is 19.1 Å². The van der Waals surface area contributed by atoms with Crippen LogP contribution >= 0.6 is 0 Å². The molecule has 2 heteroatoms. The first kappa shape index (κ1) is 10.1. The van der Waals surface area contributed by atoms with Gasteiger partial charge in [-0.05, 0) is 37.4 Å². The van der Waals surface area contributed by atoms with Crippen molar-refractivity contribution in [3.63, 3.8) is 0 Å². The fourth-order valence-electron chi connectivity index (χ4n) is 1.55. The lowest BCUT2D eigenvalue weighted by molar-refractivity contribution is 0.968. The first-order valence-electron chi connectivity index (χ1n) is 4.85. The lowest BCUT2D eigenvalue weighted by Gasteiger charge is -1.99. The highest BCUT2D eigenvalue weighted by Gasteiger charge is 2.05. The normalized spacial score (nSPS) is 11.3. The van der Waals surface area contributed by atoms with Crippen molar-refractivity contribution in [1.29, 1.82) is 0 Å². The molecule has 0 fully saturated rings. The molecule has 0 aromatic carbocycles. The number of nitrogens with two attached hydrogens (primary N) is 1. The fraction of sp³-hybridized carbons (Fsp3) is 0.455. The highest BCUT2D eigenvalue weighted by Crippen LogP contribution is 2.16. The summed E-state index contributed by atoms with van der Waals surface area (Å²) in [5, 5.41) is 0. The summed E-state index contributed by atoms with van der Waals surface area (Å²) in [5.74, 6) is 0. The van der Waals surface area contributed by atoms with Crippen LogP contribution in [0.1, 0.15) is 30.7 Å². The highest BCUT2D eigenvalue weighted by atomic mass is 14.7. The zero-order valence-corrected chi connectivity index (χ0v) is 8.43. The summed E-state index contributed by atoms with van der Waals surface area (Å²) in [6, 6.07) is 0. The van der Waals surface area contributed by atoms with Crippen molar-refractivity contribution in [3.05, 3.63) is 29.1 Å². The van der Waals surface area contributed by atoms with E-state index in [1.165, 1.54) is 16.8 Å². The van der Waals surface area contributed by atoms with Gasteiger partial charge in [0.1, 0.15) is 0 Å². The number of aromatic nitrogens is 1. The van der Waals surface area contributed by atoms with E-state index in [0.717, 1.165) is 12.8 Å². The lowest BCUT2D eigenvalue weighted by atomic mass is 10.1. The van der Waals surface area contributed by atoms with Crippen LogP contribution in [-0.4, -0.2) is 11.5 Å². The van der Waals surface area contributed by atoms with Gasteiger partial charge < -0.3 is 10.7 Å². The van der Waals surface area contributed by atoms with Gasteiger partial charge in [-0.3, -0.25) is 0 Å². The Morgan fingerprint density at radius 2 is 2.31 bits per heavy atom. The molecule has 2 nitrogen and oxygen atoms in total. The Morgan fingerprint density at radius 3 is 2.85 bits per heavy atom. The van der Waals surface area contributed by atoms with Crippen LogP contribution in [0.2, 0.25) is 0 Å². The Morgan fingerprint density at radius 1 is 1.54 bits per heavy atom. The van der Waals surface area contributed by atoms with Crippen LogP contribution in [0.4, 0.5) is 0 Å². The number of hydrogen-bond acceptors (Lipinski definition) is 1. The Hall–Kier alpha value is -1.02. The van der Waals surface area contributed by atoms with Crippen molar-refractivity contribution in [1.82, 2.24) is 4.98 Å². The maximum absolute atomic E-state index is 5.54. The topological polar surface area (TPSA) is 41.8 Å². The van der Waals surface area contributed by atoms with E-state index in [-0.39, 0.29) is 0 Å². The molecular weight excluding hydrogens is 160 g/mol. The second-order valence-corrected chi connectivity index (χ2v) is 3.10. The first-order valence-corrected chi connectivity index (χ1v) is 4.85. The summed E-state index contributed by atoms with van der Waals surface area (Å²) in [7, 11) is 0. The fourth-order valence-corrected chi connectivity index (χ4v) is 1.55. The zero-order chi connectivity index (χ0) is 9.68. The molecule has 1 aromatic rings. The Labute approximate surface area is 79.8 Å². The van der Waals surface area contributed by atoms with Crippen molar-refractivity contribution in [2.24, 2.45) is 5.73 Å². The van der Waals surface area contributed by atoms with E-state index in [2.05, 4.69) is 30.3 Å². The first-order chi connectivity index (χ1) is 6.33. The summed E-state index contributed by atoms with van der Waals surface area (Å²) < 4.78 is 0. The molecule has 0 spiro atoms. The lowest BCUT2D eigenvalue weighted by Crippen LogP contribution is -2.02. The van der Waals surface area contributed by atoms with Crippen LogP contribution in [0.15, 0.2) is 12.3 Å². The average Bonchev–Trinajstić information content (AvgIpc) is 2.50. The molecule has 72 valence electrons. The van der Waals surface area contributed by atoms with Crippen molar-refractivity contribution in [2.45, 2.75) is 26.7 Å². The monoisotopic (exact) mass is 178 g/mol. The Bertz CT molecular complexity index is 284. The molecule has 0 aliphatic carbocycles. The van der Waals surface area contributed by atoms with Gasteiger partial charge >= 0.3 is 0 Å². The van der Waals surface area contributed by atoms with E-state index in [4.69, 9.17) is 5.73 Å². The molecule has 0 bridgehead atoms. The smallest absolute Gasteiger partial charge is 0.0220 e. The number of allylic oxidation sites excluding steroid dienone is 1. The van der Waals surface area contributed by atoms with E-state index in [1.807, 2.05) is 6.92 Å². The van der Waals surface area contributed by atoms with Crippen LogP contribution in [0, 0.1) is 0 Å². The van der Waals surface area contributed by atoms with E-state index in [0.29, 0.717) is 6.54 Å². The van der Waals surface area contributed by atoms with E-state index < -0.39 is 0 Å². The van der Waals surface area contributed by atoms with Gasteiger partial charge in [-0.25, -0.2) is 0 Å². The molecule has 3 N–H and O–H groups in total. The molecular formula is C11H18N2. The van der Waals surface area contributed by atoms with Crippen LogP contribution in [0.3, 0.4) is 0 Å². The maximum Gasteiger partial charge on any atom is 0.0220 e. The predicted octanol–water partition coefficient (Wildman–Crippen LogP) is 2.11. The SMILES string of the molecule is C/C=C\c1c(CCN)c[nH]c1CC. The van der Waals surface area contributed by atoms with Gasteiger partial charge in [0.25, 0.3) is 0 Å². The summed E-state index contributed by atoms with van der Waals surface area (Å²) in [5.41, 5.74) is 9.51. The minimum atomic E-state index is 0.714. The average molecular weight is 178 g/mol. The van der Waals surface area contributed by atoms with Gasteiger partial charge in [-0.15, -0.1) is 0 Å². The molecule has 0 radical (unpaired) electrons. The predicted molar refractivity (Wildman–Crippen MR) is 57.6 cm³/mol. The highest BCUT2D eigenvalue weighted by molar-refractivity contribution is 5.56. The molecule has 0 aliphatic heterocycles.